The molecule has 0 aliphatic heterocycles. The summed E-state index contributed by atoms with van der Waals surface area (Å²) >= 11 is 0. The Morgan fingerprint density at radius 2 is 2.24 bits per heavy atom. The Hall–Kier alpha value is -1.57. The molecule has 8 heteroatoms. The number of alkyl halides is 3. The third-order valence-corrected chi connectivity index (χ3v) is 2.01. The van der Waals surface area contributed by atoms with Crippen LogP contribution < -0.4 is 5.73 Å². The molecular weight excluding hydrogens is 237 g/mol. The molecule has 0 spiro atoms. The maximum absolute atomic E-state index is 12.3. The average Bonchev–Trinajstić information content (AvgIpc) is 2.61. The quantitative estimate of drug-likeness (QED) is 0.840. The highest BCUT2D eigenvalue weighted by molar-refractivity contribution is 5.93. The van der Waals surface area contributed by atoms with E-state index in [-0.39, 0.29) is 18.7 Å². The minimum absolute atomic E-state index is 0.0257. The van der Waals surface area contributed by atoms with Crippen LogP contribution in [0.5, 0.6) is 0 Å². The summed E-state index contributed by atoms with van der Waals surface area (Å²) in [4.78, 5) is 12.4. The number of aromatic nitrogens is 2. The number of rotatable bonds is 4. The first-order chi connectivity index (χ1) is 7.83. The first kappa shape index (κ1) is 13.5. The molecule has 1 rings (SSSR count). The van der Waals surface area contributed by atoms with E-state index in [1.54, 1.807) is 7.05 Å². The highest BCUT2D eigenvalue weighted by atomic mass is 19.4. The van der Waals surface area contributed by atoms with Gasteiger partial charge in [0.1, 0.15) is 6.54 Å². The van der Waals surface area contributed by atoms with Gasteiger partial charge in [-0.15, -0.1) is 0 Å². The topological polar surface area (TPSA) is 64.2 Å². The number of carbonyl (C=O) groups excluding carboxylic acids is 1. The van der Waals surface area contributed by atoms with Gasteiger partial charge in [-0.2, -0.15) is 18.3 Å². The van der Waals surface area contributed by atoms with Crippen LogP contribution in [-0.2, 0) is 7.05 Å². The number of amides is 1. The van der Waals surface area contributed by atoms with Crippen LogP contribution >= 0.6 is 0 Å². The fraction of sp³-hybridized carbons (Fsp3) is 0.556. The van der Waals surface area contributed by atoms with E-state index < -0.39 is 18.6 Å². The summed E-state index contributed by atoms with van der Waals surface area (Å²) < 4.78 is 38.1. The van der Waals surface area contributed by atoms with E-state index in [9.17, 15) is 18.0 Å². The summed E-state index contributed by atoms with van der Waals surface area (Å²) in [7, 11) is 1.58. The van der Waals surface area contributed by atoms with Gasteiger partial charge in [0.2, 0.25) is 0 Å². The van der Waals surface area contributed by atoms with Crippen molar-refractivity contribution in [2.75, 3.05) is 19.6 Å². The van der Waals surface area contributed by atoms with Crippen LogP contribution in [0, 0.1) is 0 Å². The molecule has 0 unspecified atom stereocenters. The molecule has 0 aliphatic carbocycles. The van der Waals surface area contributed by atoms with Gasteiger partial charge >= 0.3 is 6.18 Å². The number of aryl methyl sites for hydroxylation is 1. The minimum atomic E-state index is -4.44. The average molecular weight is 250 g/mol. The molecule has 0 bridgehead atoms. The maximum Gasteiger partial charge on any atom is 0.406 e. The van der Waals surface area contributed by atoms with Gasteiger partial charge in [0.25, 0.3) is 5.91 Å². The second-order valence-corrected chi connectivity index (χ2v) is 3.53. The van der Waals surface area contributed by atoms with Crippen molar-refractivity contribution in [1.29, 1.82) is 0 Å². The summed E-state index contributed by atoms with van der Waals surface area (Å²) in [6.07, 6.45) is -1.85. The highest BCUT2D eigenvalue weighted by Gasteiger charge is 2.33. The van der Waals surface area contributed by atoms with E-state index in [1.807, 2.05) is 0 Å². The number of hydrogen-bond donors (Lipinski definition) is 1. The van der Waals surface area contributed by atoms with E-state index in [4.69, 9.17) is 5.73 Å². The van der Waals surface area contributed by atoms with Crippen molar-refractivity contribution in [1.82, 2.24) is 14.7 Å². The van der Waals surface area contributed by atoms with Crippen molar-refractivity contribution in [3.8, 4) is 0 Å². The molecule has 1 aromatic rings. The standard InChI is InChI=1S/C9H13F3N4O/c1-15-5-7(4-14-15)8(17)16(3-2-13)6-9(10,11)12/h4-5H,2-3,6,13H2,1H3. The Balaban J connectivity index is 2.80. The molecule has 96 valence electrons. The Kier molecular flexibility index (Phi) is 4.11. The van der Waals surface area contributed by atoms with Crippen LogP contribution in [-0.4, -0.2) is 46.4 Å². The van der Waals surface area contributed by atoms with Gasteiger partial charge in [-0.1, -0.05) is 0 Å². The lowest BCUT2D eigenvalue weighted by Crippen LogP contribution is -2.41. The monoisotopic (exact) mass is 250 g/mol. The molecule has 0 radical (unpaired) electrons. The largest absolute Gasteiger partial charge is 0.406 e. The number of nitrogens with zero attached hydrogens (tertiary/aromatic N) is 3. The van der Waals surface area contributed by atoms with Gasteiger partial charge in [-0.25, -0.2) is 0 Å². The molecule has 0 aliphatic rings. The van der Waals surface area contributed by atoms with Crippen molar-refractivity contribution in [3.63, 3.8) is 0 Å². The van der Waals surface area contributed by atoms with Crippen LogP contribution in [0.1, 0.15) is 10.4 Å². The third kappa shape index (κ3) is 4.06. The molecule has 0 aromatic carbocycles. The molecule has 0 fully saturated rings. The molecule has 2 N–H and O–H groups in total. The molecule has 17 heavy (non-hydrogen) atoms. The molecule has 0 atom stereocenters. The Morgan fingerprint density at radius 3 is 2.65 bits per heavy atom. The zero-order valence-corrected chi connectivity index (χ0v) is 9.24. The number of hydrogen-bond acceptors (Lipinski definition) is 3. The van der Waals surface area contributed by atoms with Crippen LogP contribution in [0.25, 0.3) is 0 Å². The predicted octanol–water partition coefficient (Wildman–Crippen LogP) is 0.383. The van der Waals surface area contributed by atoms with Crippen LogP contribution in [0.4, 0.5) is 13.2 Å². The zero-order chi connectivity index (χ0) is 13.1. The summed E-state index contributed by atoms with van der Waals surface area (Å²) in [5, 5.41) is 3.73. The van der Waals surface area contributed by atoms with Crippen molar-refractivity contribution < 1.29 is 18.0 Å². The van der Waals surface area contributed by atoms with E-state index >= 15 is 0 Å². The molecule has 1 amide bonds. The minimum Gasteiger partial charge on any atom is -0.329 e. The smallest absolute Gasteiger partial charge is 0.329 e. The predicted molar refractivity (Wildman–Crippen MR) is 54.2 cm³/mol. The Morgan fingerprint density at radius 1 is 1.59 bits per heavy atom. The number of nitrogens with two attached hydrogens (primary N) is 1. The van der Waals surface area contributed by atoms with Gasteiger partial charge in [-0.05, 0) is 0 Å². The van der Waals surface area contributed by atoms with Gasteiger partial charge in [0.15, 0.2) is 0 Å². The maximum atomic E-state index is 12.3. The van der Waals surface area contributed by atoms with E-state index in [0.29, 0.717) is 4.90 Å². The Labute approximate surface area is 96.0 Å². The van der Waals surface area contributed by atoms with Gasteiger partial charge < -0.3 is 10.6 Å². The van der Waals surface area contributed by atoms with Crippen LogP contribution in [0.2, 0.25) is 0 Å². The van der Waals surface area contributed by atoms with Crippen LogP contribution in [0.15, 0.2) is 12.4 Å². The molecule has 0 saturated carbocycles. The second-order valence-electron chi connectivity index (χ2n) is 3.53. The van der Waals surface area contributed by atoms with E-state index in [1.165, 1.54) is 17.1 Å². The summed E-state index contributed by atoms with van der Waals surface area (Å²) in [6, 6.07) is 0. The molecule has 1 aromatic heterocycles. The van der Waals surface area contributed by atoms with Crippen molar-refractivity contribution in [2.24, 2.45) is 12.8 Å². The lowest BCUT2D eigenvalue weighted by Gasteiger charge is -2.22. The first-order valence-electron chi connectivity index (χ1n) is 4.88. The van der Waals surface area contributed by atoms with E-state index in [2.05, 4.69) is 5.10 Å². The normalized spacial score (nSPS) is 11.6. The summed E-state index contributed by atoms with van der Waals surface area (Å²) in [5.74, 6) is -0.721. The van der Waals surface area contributed by atoms with E-state index in [0.717, 1.165) is 0 Å². The first-order valence-corrected chi connectivity index (χ1v) is 4.88. The van der Waals surface area contributed by atoms with Gasteiger partial charge in [-0.3, -0.25) is 9.48 Å². The Bertz CT molecular complexity index is 388. The molecule has 0 saturated heterocycles. The SMILES string of the molecule is Cn1cc(C(=O)N(CCN)CC(F)(F)F)cn1. The third-order valence-electron chi connectivity index (χ3n) is 2.01. The van der Waals surface area contributed by atoms with Crippen LogP contribution in [0.3, 0.4) is 0 Å². The zero-order valence-electron chi connectivity index (χ0n) is 9.24. The highest BCUT2D eigenvalue weighted by Crippen LogP contribution is 2.17. The van der Waals surface area contributed by atoms with Gasteiger partial charge in [0.05, 0.1) is 11.8 Å². The fourth-order valence-electron chi connectivity index (χ4n) is 1.34. The lowest BCUT2D eigenvalue weighted by molar-refractivity contribution is -0.140. The second kappa shape index (κ2) is 5.17. The van der Waals surface area contributed by atoms with Crippen molar-refractivity contribution >= 4 is 5.91 Å². The molecule has 1 heterocycles. The van der Waals surface area contributed by atoms with Crippen molar-refractivity contribution in [2.45, 2.75) is 6.18 Å². The number of halogens is 3. The summed E-state index contributed by atoms with van der Waals surface area (Å²) in [5.41, 5.74) is 5.30. The lowest BCUT2D eigenvalue weighted by atomic mass is 10.3. The van der Waals surface area contributed by atoms with Crippen molar-refractivity contribution in [3.05, 3.63) is 18.0 Å². The molecular formula is C9H13F3N4O. The molecule has 5 nitrogen and oxygen atoms in total. The summed E-state index contributed by atoms with van der Waals surface area (Å²) in [6.45, 7) is -1.48. The number of carbonyl (C=O) groups is 1. The fourth-order valence-corrected chi connectivity index (χ4v) is 1.34. The van der Waals surface area contributed by atoms with Gasteiger partial charge in [0, 0.05) is 26.3 Å².